The summed E-state index contributed by atoms with van der Waals surface area (Å²) in [5.41, 5.74) is 22.4. The van der Waals surface area contributed by atoms with E-state index in [4.69, 9.17) is 26.5 Å². The molecule has 0 N–H and O–H groups in total. The molecule has 6 nitrogen and oxygen atoms in total. The van der Waals surface area contributed by atoms with Gasteiger partial charge in [-0.1, -0.05) is 367 Å². The lowest BCUT2D eigenvalue weighted by Gasteiger charge is -2.16. The fourth-order valence-electron chi connectivity index (χ4n) is 20.2. The normalized spacial score (nSPS) is 12.2. The van der Waals surface area contributed by atoms with Gasteiger partial charge in [0.1, 0.15) is 68.1 Å². The van der Waals surface area contributed by atoms with Crippen LogP contribution in [0.2, 0.25) is 0 Å². The third-order valence-corrected chi connectivity index (χ3v) is 26.4. The maximum Gasteiger partial charge on any atom is 0.143 e. The van der Waals surface area contributed by atoms with Crippen LogP contribution in [-0.4, -0.2) is 0 Å². The second kappa shape index (κ2) is 32.5. The second-order valence-electron chi connectivity index (χ2n) is 37.1. The van der Waals surface area contributed by atoms with Gasteiger partial charge in [0.25, 0.3) is 0 Å². The molecule has 0 unspecified atom stereocenters. The Hall–Kier alpha value is -14.5. The van der Waals surface area contributed by atoms with Crippen molar-refractivity contribution in [1.82, 2.24) is 0 Å². The Morgan fingerprint density at radius 3 is 1.01 bits per heavy atom. The van der Waals surface area contributed by atoms with Crippen LogP contribution in [0.15, 0.2) is 366 Å². The zero-order valence-corrected chi connectivity index (χ0v) is 73.9. The number of para-hydroxylation sites is 2. The van der Waals surface area contributed by atoms with E-state index in [1.807, 2.05) is 24.3 Å². The zero-order chi connectivity index (χ0) is 86.5. The summed E-state index contributed by atoms with van der Waals surface area (Å²) in [5, 5.41) is 20.5. The van der Waals surface area contributed by atoms with Crippen molar-refractivity contribution in [2.24, 2.45) is 0 Å². The van der Waals surface area contributed by atoms with Gasteiger partial charge >= 0.3 is 0 Å². The topological polar surface area (TPSA) is 78.8 Å². The van der Waals surface area contributed by atoms with E-state index >= 15 is 0 Å². The van der Waals surface area contributed by atoms with Gasteiger partial charge in [0.05, 0.1) is 11.1 Å². The SMILES string of the molecule is CC(C)(C)c1oc2c(cc(-c3ccc4ccccc4c3)c3c4oc(C(C)(C)C)c(-c5cc6ccccc6o5)c4cc(-c4ccc(-c5cccc6ccccc56)cc4)c23)c1-c1cc2ccccc2o1.CCCCCCc1cc2c(-c3ccccc3)c(-c3ccc4ccccc4c3)oc2c2c(CCCCCC)cc3c(-c4ccccc4)c(-c4ccc5ccccc5c4)oc3c12. The summed E-state index contributed by atoms with van der Waals surface area (Å²) < 4.78 is 43.3. The van der Waals surface area contributed by atoms with E-state index < -0.39 is 0 Å². The van der Waals surface area contributed by atoms with Crippen LogP contribution in [0.1, 0.15) is 129 Å². The minimum absolute atomic E-state index is 0.383. The first kappa shape index (κ1) is 79.4. The molecule has 0 spiro atoms. The smallest absolute Gasteiger partial charge is 0.143 e. The quantitative estimate of drug-likeness (QED) is 0.0751. The molecule has 0 fully saturated rings. The monoisotopic (exact) mass is 1660 g/mol. The highest BCUT2D eigenvalue weighted by atomic mass is 16.4. The van der Waals surface area contributed by atoms with E-state index in [9.17, 15) is 0 Å². The minimum Gasteiger partial charge on any atom is -0.459 e. The molecular weight excluding hydrogens is 1560 g/mol. The van der Waals surface area contributed by atoms with Crippen LogP contribution >= 0.6 is 0 Å². The molecule has 624 valence electrons. The van der Waals surface area contributed by atoms with E-state index in [1.54, 1.807) is 0 Å². The van der Waals surface area contributed by atoms with Gasteiger partial charge in [-0.25, -0.2) is 0 Å². The molecule has 23 aromatic rings. The third-order valence-electron chi connectivity index (χ3n) is 26.4. The van der Waals surface area contributed by atoms with Gasteiger partial charge in [-0.3, -0.25) is 0 Å². The van der Waals surface area contributed by atoms with Crippen LogP contribution in [0.5, 0.6) is 0 Å². The Kier molecular flexibility index (Phi) is 20.2. The number of unbranched alkanes of at least 4 members (excludes halogenated alkanes) is 6. The van der Waals surface area contributed by atoms with Crippen molar-refractivity contribution < 1.29 is 26.5 Å². The summed E-state index contributed by atoms with van der Waals surface area (Å²) in [6.45, 7) is 17.9. The van der Waals surface area contributed by atoms with Gasteiger partial charge in [0.2, 0.25) is 0 Å². The van der Waals surface area contributed by atoms with Gasteiger partial charge < -0.3 is 26.5 Å². The predicted molar refractivity (Wildman–Crippen MR) is 539 cm³/mol. The number of benzene rings is 17. The van der Waals surface area contributed by atoms with Crippen LogP contribution in [0.3, 0.4) is 0 Å². The van der Waals surface area contributed by atoms with Crippen LogP contribution in [0.25, 0.3) is 231 Å². The molecule has 128 heavy (non-hydrogen) atoms. The molecular formula is C122H100O6. The molecule has 0 aliphatic rings. The Balaban J connectivity index is 0.000000152. The number of furan rings is 6. The molecule has 6 heteroatoms. The van der Waals surface area contributed by atoms with Crippen LogP contribution in [0, 0.1) is 0 Å². The Morgan fingerprint density at radius 2 is 0.570 bits per heavy atom. The average Bonchev–Trinajstić information content (AvgIpc) is 1.54. The molecule has 0 amide bonds. The van der Waals surface area contributed by atoms with E-state index in [0.29, 0.717) is 0 Å². The third kappa shape index (κ3) is 14.1. The summed E-state index contributed by atoms with van der Waals surface area (Å²) in [6, 6.07) is 122. The van der Waals surface area contributed by atoms with Crippen molar-refractivity contribution in [3.63, 3.8) is 0 Å². The second-order valence-corrected chi connectivity index (χ2v) is 37.1. The van der Waals surface area contributed by atoms with Gasteiger partial charge in [-0.15, -0.1) is 0 Å². The molecule has 6 aromatic heterocycles. The minimum atomic E-state index is -0.383. The highest BCUT2D eigenvalue weighted by Crippen LogP contribution is 2.57. The summed E-state index contributed by atoms with van der Waals surface area (Å²) in [7, 11) is 0. The molecule has 0 aliphatic carbocycles. The maximum absolute atomic E-state index is 7.45. The van der Waals surface area contributed by atoms with E-state index in [-0.39, 0.29) is 10.8 Å². The molecule has 17 aromatic carbocycles. The first-order chi connectivity index (χ1) is 62.7. The van der Waals surface area contributed by atoms with Crippen molar-refractivity contribution in [2.45, 2.75) is 130 Å². The van der Waals surface area contributed by atoms with Gasteiger partial charge in [-0.05, 0) is 191 Å². The summed E-state index contributed by atoms with van der Waals surface area (Å²) in [5.74, 6) is 5.12. The lowest BCUT2D eigenvalue weighted by atomic mass is 9.85. The van der Waals surface area contributed by atoms with E-state index in [1.165, 1.54) is 126 Å². The molecule has 23 rings (SSSR count). The lowest BCUT2D eigenvalue weighted by molar-refractivity contribution is 0.430. The molecule has 0 saturated carbocycles. The first-order valence-corrected chi connectivity index (χ1v) is 45.8. The average molecular weight is 1660 g/mol. The number of hydrogen-bond donors (Lipinski definition) is 0. The van der Waals surface area contributed by atoms with Gasteiger partial charge in [-0.2, -0.15) is 0 Å². The number of aryl methyl sites for hydroxylation is 2. The van der Waals surface area contributed by atoms with Gasteiger partial charge in [0.15, 0.2) is 0 Å². The van der Waals surface area contributed by atoms with Crippen LogP contribution in [0.4, 0.5) is 0 Å². The standard InChI is InChI=1S/C64H48O4.C58H52O2/c1-63(2,3)61-55(53-33-43-19-10-13-24-51(43)65-53)49-35-47(40-29-27-39(28-30-40)46-23-15-21-38-17-9-12-22-45(38)46)57-58(60(49)68-61)48(42-31-26-37-16-7-8-18-41(37)32-42)36-50-56(62(64(4,5)6)67-59(50)57)54-34-44-20-11-14-25-52(44)66-54;1-3-5-7-11-29-45-37-49-51(41-23-13-9-14-24-41)55(47-33-31-39-21-17-19-27-43(39)35-47)60-58(49)54-46(30-12-8-6-4-2)38-50-52(42-25-15-10-16-26-42)56(59-57(50)53(45)54)48-34-32-40-22-18-20-28-44(40)36-48/h7-36H,1-6H3;9-10,13-28,31-38H,3-8,11-12,29-30H2,1-2H3. The Labute approximate surface area is 745 Å². The summed E-state index contributed by atoms with van der Waals surface area (Å²) in [4.78, 5) is 0. The van der Waals surface area contributed by atoms with Gasteiger partial charge in [0, 0.05) is 86.9 Å². The Morgan fingerprint density at radius 1 is 0.219 bits per heavy atom. The predicted octanol–water partition coefficient (Wildman–Crippen LogP) is 36.6. The molecule has 0 bridgehead atoms. The van der Waals surface area contributed by atoms with Crippen LogP contribution < -0.4 is 0 Å². The fraction of sp³-hybridized carbons (Fsp3) is 0.164. The molecule has 0 saturated heterocycles. The zero-order valence-electron chi connectivity index (χ0n) is 73.9. The summed E-state index contributed by atoms with van der Waals surface area (Å²) in [6.07, 6.45) is 11.5. The molecule has 0 aliphatic heterocycles. The lowest BCUT2D eigenvalue weighted by Crippen LogP contribution is -2.10. The summed E-state index contributed by atoms with van der Waals surface area (Å²) >= 11 is 0. The Bertz CT molecular complexity index is 7920. The van der Waals surface area contributed by atoms with Crippen molar-refractivity contribution >= 4 is 130 Å². The highest BCUT2D eigenvalue weighted by molar-refractivity contribution is 6.29. The largest absolute Gasteiger partial charge is 0.459 e. The molecule has 6 heterocycles. The van der Waals surface area contributed by atoms with E-state index in [0.717, 1.165) is 193 Å². The van der Waals surface area contributed by atoms with Crippen molar-refractivity contribution in [2.75, 3.05) is 0 Å². The van der Waals surface area contributed by atoms with Crippen molar-refractivity contribution in [1.29, 1.82) is 0 Å². The van der Waals surface area contributed by atoms with E-state index in [2.05, 4.69) is 371 Å². The first-order valence-electron chi connectivity index (χ1n) is 45.8. The number of fused-ring (bicyclic) bond motifs is 16. The molecule has 0 radical (unpaired) electrons. The maximum atomic E-state index is 7.45. The van der Waals surface area contributed by atoms with Crippen molar-refractivity contribution in [3.8, 4) is 101 Å². The fourth-order valence-corrected chi connectivity index (χ4v) is 20.2. The van der Waals surface area contributed by atoms with Crippen molar-refractivity contribution in [3.05, 3.63) is 362 Å². The molecule has 0 atom stereocenters. The number of rotatable bonds is 19. The van der Waals surface area contributed by atoms with Crippen LogP contribution in [-0.2, 0) is 23.7 Å². The number of hydrogen-bond acceptors (Lipinski definition) is 6. The highest BCUT2D eigenvalue weighted by Gasteiger charge is 2.36.